The summed E-state index contributed by atoms with van der Waals surface area (Å²) < 4.78 is 21.2. The van der Waals surface area contributed by atoms with Gasteiger partial charge in [0.2, 0.25) is 0 Å². The Morgan fingerprint density at radius 1 is 0.971 bits per heavy atom. The van der Waals surface area contributed by atoms with Crippen molar-refractivity contribution in [3.8, 4) is 29.1 Å². The van der Waals surface area contributed by atoms with Gasteiger partial charge in [-0.3, -0.25) is 4.79 Å². The highest BCUT2D eigenvalue weighted by Crippen LogP contribution is 2.28. The number of benzene rings is 2. The molecule has 0 saturated heterocycles. The van der Waals surface area contributed by atoms with E-state index in [9.17, 15) is 10.1 Å². The number of amides is 1. The number of nitrogens with one attached hydrogen (secondary N) is 1. The van der Waals surface area contributed by atoms with E-state index in [1.165, 1.54) is 13.2 Å². The predicted octanol–water partition coefficient (Wildman–Crippen LogP) is 3.31. The maximum absolute atomic E-state index is 12.4. The Bertz CT molecular complexity index is 1030. The first-order valence-corrected chi connectivity index (χ1v) is 11.0. The molecule has 182 valence electrons. The number of likely N-dealkylation sites (N-methyl/N-ethyl adjacent to an activating group) is 1. The number of ether oxygens (including phenoxy) is 4. The average Bonchev–Trinajstić information content (AvgIpc) is 2.87. The molecule has 8 nitrogen and oxygen atoms in total. The molecule has 0 radical (unpaired) electrons. The summed E-state index contributed by atoms with van der Waals surface area (Å²) in [6.07, 6.45) is 3.13. The fourth-order valence-corrected chi connectivity index (χ4v) is 3.39. The van der Waals surface area contributed by atoms with Crippen LogP contribution < -0.4 is 24.3 Å². The van der Waals surface area contributed by atoms with Crippen LogP contribution in [0.3, 0.4) is 0 Å². The number of carbonyl (C=O) groups is 1. The van der Waals surface area contributed by atoms with Crippen LogP contribution in [-0.4, -0.2) is 65.9 Å². The molecule has 2 rings (SSSR count). The molecule has 1 amide bonds. The average molecular weight is 468 g/mol. The summed E-state index contributed by atoms with van der Waals surface area (Å²) in [6.45, 7) is 2.12. The van der Waals surface area contributed by atoms with Crippen molar-refractivity contribution in [1.82, 2.24) is 10.2 Å². The Morgan fingerprint density at radius 2 is 1.71 bits per heavy atom. The van der Waals surface area contributed by atoms with E-state index in [0.29, 0.717) is 23.6 Å². The Morgan fingerprint density at radius 3 is 2.35 bits per heavy atom. The normalized spacial score (nSPS) is 11.0. The quantitative estimate of drug-likeness (QED) is 0.274. The summed E-state index contributed by atoms with van der Waals surface area (Å²) in [7, 11) is 8.41. The summed E-state index contributed by atoms with van der Waals surface area (Å²) in [5.41, 5.74) is 1.83. The molecular weight excluding hydrogens is 434 g/mol. The first-order valence-electron chi connectivity index (χ1n) is 11.0. The monoisotopic (exact) mass is 467 g/mol. The molecule has 0 aliphatic heterocycles. The summed E-state index contributed by atoms with van der Waals surface area (Å²) in [5, 5.41) is 12.2. The lowest BCUT2D eigenvalue weighted by molar-refractivity contribution is -0.117. The largest absolute Gasteiger partial charge is 0.497 e. The Hall–Kier alpha value is -3.70. The second kappa shape index (κ2) is 13.8. The first kappa shape index (κ1) is 26.6. The number of methoxy groups -OCH3 is 4. The number of nitriles is 1. The molecular formula is C26H33N3O5. The van der Waals surface area contributed by atoms with Crippen molar-refractivity contribution < 1.29 is 23.7 Å². The van der Waals surface area contributed by atoms with Gasteiger partial charge in [0.1, 0.15) is 23.1 Å². The second-order valence-electron chi connectivity index (χ2n) is 7.62. The fraction of sp³-hybridized carbons (Fsp3) is 0.385. The van der Waals surface area contributed by atoms with Crippen LogP contribution >= 0.6 is 0 Å². The van der Waals surface area contributed by atoms with Crippen LogP contribution in [0.1, 0.15) is 17.5 Å². The van der Waals surface area contributed by atoms with Gasteiger partial charge in [-0.05, 0) is 61.8 Å². The molecule has 2 aromatic rings. The molecule has 0 unspecified atom stereocenters. The smallest absolute Gasteiger partial charge is 0.261 e. The number of hydrogen-bond acceptors (Lipinski definition) is 7. The fourth-order valence-electron chi connectivity index (χ4n) is 3.39. The Kier molecular flexibility index (Phi) is 10.7. The van der Waals surface area contributed by atoms with Crippen molar-refractivity contribution in [3.63, 3.8) is 0 Å². The van der Waals surface area contributed by atoms with Gasteiger partial charge < -0.3 is 29.2 Å². The number of rotatable bonds is 13. The van der Waals surface area contributed by atoms with E-state index in [1.807, 2.05) is 31.3 Å². The summed E-state index contributed by atoms with van der Waals surface area (Å²) in [6, 6.07) is 13.0. The van der Waals surface area contributed by atoms with Gasteiger partial charge in [0.05, 0.1) is 28.4 Å². The van der Waals surface area contributed by atoms with Crippen LogP contribution in [0.2, 0.25) is 0 Å². The minimum Gasteiger partial charge on any atom is -0.497 e. The molecule has 0 saturated carbocycles. The number of hydrogen-bond donors (Lipinski definition) is 1. The van der Waals surface area contributed by atoms with Gasteiger partial charge in [-0.2, -0.15) is 5.26 Å². The third-order valence-electron chi connectivity index (χ3n) is 5.34. The van der Waals surface area contributed by atoms with Crippen molar-refractivity contribution in [2.24, 2.45) is 0 Å². The van der Waals surface area contributed by atoms with Crippen molar-refractivity contribution in [2.45, 2.75) is 12.8 Å². The molecule has 0 atom stereocenters. The highest BCUT2D eigenvalue weighted by molar-refractivity contribution is 6.01. The van der Waals surface area contributed by atoms with E-state index < -0.39 is 5.91 Å². The molecule has 0 aliphatic carbocycles. The van der Waals surface area contributed by atoms with Gasteiger partial charge >= 0.3 is 0 Å². The third-order valence-corrected chi connectivity index (χ3v) is 5.34. The van der Waals surface area contributed by atoms with Gasteiger partial charge in [0, 0.05) is 19.2 Å². The van der Waals surface area contributed by atoms with Gasteiger partial charge in [-0.25, -0.2) is 0 Å². The van der Waals surface area contributed by atoms with E-state index in [4.69, 9.17) is 18.9 Å². The van der Waals surface area contributed by atoms with Crippen LogP contribution in [0.15, 0.2) is 42.0 Å². The highest BCUT2D eigenvalue weighted by Gasteiger charge is 2.11. The van der Waals surface area contributed by atoms with Gasteiger partial charge in [-0.1, -0.05) is 12.1 Å². The van der Waals surface area contributed by atoms with Crippen LogP contribution in [0.4, 0.5) is 0 Å². The minimum atomic E-state index is -0.400. The predicted molar refractivity (Wildman–Crippen MR) is 132 cm³/mol. The number of carbonyl (C=O) groups excluding carboxylic acids is 1. The summed E-state index contributed by atoms with van der Waals surface area (Å²) in [5.74, 6) is 2.29. The Labute approximate surface area is 201 Å². The molecule has 0 bridgehead atoms. The molecule has 1 N–H and O–H groups in total. The van der Waals surface area contributed by atoms with E-state index in [-0.39, 0.29) is 5.57 Å². The van der Waals surface area contributed by atoms with Crippen LogP contribution in [0.5, 0.6) is 23.0 Å². The molecule has 0 aliphatic rings. The van der Waals surface area contributed by atoms with E-state index in [1.54, 1.807) is 39.5 Å². The maximum Gasteiger partial charge on any atom is 0.261 e. The molecule has 8 heteroatoms. The molecule has 34 heavy (non-hydrogen) atoms. The molecule has 0 fully saturated rings. The van der Waals surface area contributed by atoms with Crippen molar-refractivity contribution in [1.29, 1.82) is 5.26 Å². The summed E-state index contributed by atoms with van der Waals surface area (Å²) >= 11 is 0. The number of nitrogens with zero attached hydrogens (tertiary/aromatic N) is 2. The van der Waals surface area contributed by atoms with Crippen molar-refractivity contribution in [2.75, 3.05) is 55.1 Å². The standard InChI is InChI=1S/C26H33N3O5/c1-29(14-11-20-8-9-22(31-2)17-24(20)33-4)13-6-12-28-26(30)21(18-27)15-19-7-10-23(32-3)25(16-19)34-5/h7-10,15-17H,6,11-14H2,1-5H3,(H,28,30)/b21-15+. The second-order valence-corrected chi connectivity index (χ2v) is 7.62. The zero-order valence-corrected chi connectivity index (χ0v) is 20.5. The zero-order chi connectivity index (χ0) is 24.9. The van der Waals surface area contributed by atoms with Gasteiger partial charge in [0.15, 0.2) is 11.5 Å². The first-order chi connectivity index (χ1) is 16.4. The Balaban J connectivity index is 1.82. The zero-order valence-electron chi connectivity index (χ0n) is 20.5. The third kappa shape index (κ3) is 7.71. The lowest BCUT2D eigenvalue weighted by atomic mass is 10.1. The van der Waals surface area contributed by atoms with E-state index in [2.05, 4.69) is 10.2 Å². The van der Waals surface area contributed by atoms with Crippen LogP contribution in [0, 0.1) is 11.3 Å². The maximum atomic E-state index is 12.4. The molecule has 0 heterocycles. The lowest BCUT2D eigenvalue weighted by Crippen LogP contribution is -2.29. The van der Waals surface area contributed by atoms with Crippen LogP contribution in [-0.2, 0) is 11.2 Å². The van der Waals surface area contributed by atoms with E-state index >= 15 is 0 Å². The minimum absolute atomic E-state index is 0.0344. The molecule has 0 spiro atoms. The van der Waals surface area contributed by atoms with Crippen molar-refractivity contribution in [3.05, 3.63) is 53.1 Å². The van der Waals surface area contributed by atoms with E-state index in [0.717, 1.165) is 43.0 Å². The lowest BCUT2D eigenvalue weighted by Gasteiger charge is -2.18. The summed E-state index contributed by atoms with van der Waals surface area (Å²) in [4.78, 5) is 14.6. The van der Waals surface area contributed by atoms with Gasteiger partial charge in [-0.15, -0.1) is 0 Å². The van der Waals surface area contributed by atoms with Crippen LogP contribution in [0.25, 0.3) is 6.08 Å². The molecule has 2 aromatic carbocycles. The van der Waals surface area contributed by atoms with Gasteiger partial charge in [0.25, 0.3) is 5.91 Å². The SMILES string of the molecule is COc1ccc(CCN(C)CCCNC(=O)/C(C#N)=C/c2ccc(OC)c(OC)c2)c(OC)c1. The molecule has 0 aromatic heterocycles. The highest BCUT2D eigenvalue weighted by atomic mass is 16.5. The van der Waals surface area contributed by atoms with Crippen molar-refractivity contribution >= 4 is 12.0 Å². The topological polar surface area (TPSA) is 93.1 Å².